The summed E-state index contributed by atoms with van der Waals surface area (Å²) in [5.74, 6) is -0.980. The maximum Gasteiger partial charge on any atom is 0.305 e. The summed E-state index contributed by atoms with van der Waals surface area (Å²) in [7, 11) is 0. The molecule has 1 aliphatic carbocycles. The molecular weight excluding hydrogens is 256 g/mol. The van der Waals surface area contributed by atoms with Gasteiger partial charge in [0.2, 0.25) is 5.91 Å². The summed E-state index contributed by atoms with van der Waals surface area (Å²) >= 11 is 0. The second kappa shape index (κ2) is 6.52. The zero-order chi connectivity index (χ0) is 14.5. The van der Waals surface area contributed by atoms with Gasteiger partial charge in [-0.25, -0.2) is 0 Å². The van der Waals surface area contributed by atoms with Crippen molar-refractivity contribution < 1.29 is 14.7 Å². The van der Waals surface area contributed by atoms with Crippen molar-refractivity contribution in [2.45, 2.75) is 32.2 Å². The fourth-order valence-electron chi connectivity index (χ4n) is 1.94. The predicted molar refractivity (Wildman–Crippen MR) is 76.8 cm³/mol. The summed E-state index contributed by atoms with van der Waals surface area (Å²) in [5, 5.41) is 12.0. The molecule has 0 heterocycles. The molecule has 20 heavy (non-hydrogen) atoms. The van der Waals surface area contributed by atoms with Gasteiger partial charge in [-0.2, -0.15) is 0 Å². The molecule has 0 bridgehead atoms. The van der Waals surface area contributed by atoms with E-state index in [1.165, 1.54) is 0 Å². The van der Waals surface area contributed by atoms with Crippen molar-refractivity contribution in [3.05, 3.63) is 29.8 Å². The number of hydrogen-bond acceptors (Lipinski definition) is 3. The lowest BCUT2D eigenvalue weighted by molar-refractivity contribution is -0.136. The van der Waals surface area contributed by atoms with E-state index in [1.807, 2.05) is 31.2 Å². The van der Waals surface area contributed by atoms with Gasteiger partial charge in [0, 0.05) is 18.3 Å². The fraction of sp³-hybridized carbons (Fsp3) is 0.467. The number of carbonyl (C=O) groups excluding carboxylic acids is 1. The molecule has 2 N–H and O–H groups in total. The van der Waals surface area contributed by atoms with Crippen LogP contribution in [-0.2, 0) is 9.59 Å². The predicted octanol–water partition coefficient (Wildman–Crippen LogP) is 1.55. The first kappa shape index (κ1) is 14.5. The van der Waals surface area contributed by atoms with Crippen LogP contribution in [0.5, 0.6) is 0 Å². The zero-order valence-corrected chi connectivity index (χ0v) is 11.6. The number of benzene rings is 1. The maximum absolute atomic E-state index is 12.2. The number of hydrogen-bond donors (Lipinski definition) is 2. The van der Waals surface area contributed by atoms with Gasteiger partial charge in [0.05, 0.1) is 13.0 Å². The van der Waals surface area contributed by atoms with Crippen LogP contribution >= 0.6 is 0 Å². The minimum atomic E-state index is -0.898. The SMILES string of the molecule is Cc1ccc(N(CCC(=O)O)C(=O)CNC2CC2)cc1. The Kier molecular flexibility index (Phi) is 4.74. The smallest absolute Gasteiger partial charge is 0.305 e. The molecule has 0 atom stereocenters. The summed E-state index contributed by atoms with van der Waals surface area (Å²) in [4.78, 5) is 24.5. The van der Waals surface area contributed by atoms with Crippen LogP contribution in [-0.4, -0.2) is 36.1 Å². The van der Waals surface area contributed by atoms with Gasteiger partial charge in [0.25, 0.3) is 0 Å². The number of aliphatic carboxylic acids is 1. The van der Waals surface area contributed by atoms with Crippen LogP contribution in [0.15, 0.2) is 24.3 Å². The summed E-state index contributed by atoms with van der Waals surface area (Å²) < 4.78 is 0. The summed E-state index contributed by atoms with van der Waals surface area (Å²) in [6.45, 7) is 2.43. The number of carboxylic acids is 1. The Balaban J connectivity index is 2.03. The molecule has 1 fully saturated rings. The average Bonchev–Trinajstić information content (AvgIpc) is 3.22. The second-order valence-corrected chi connectivity index (χ2v) is 5.18. The van der Waals surface area contributed by atoms with Gasteiger partial charge < -0.3 is 15.3 Å². The Labute approximate surface area is 118 Å². The third kappa shape index (κ3) is 4.35. The second-order valence-electron chi connectivity index (χ2n) is 5.18. The molecular formula is C15H20N2O3. The molecule has 0 aliphatic heterocycles. The first-order chi connectivity index (χ1) is 9.56. The van der Waals surface area contributed by atoms with E-state index in [1.54, 1.807) is 4.90 Å². The van der Waals surface area contributed by atoms with E-state index in [0.29, 0.717) is 6.04 Å². The molecule has 0 radical (unpaired) electrons. The highest BCUT2D eigenvalue weighted by Gasteiger charge is 2.23. The monoisotopic (exact) mass is 276 g/mol. The van der Waals surface area contributed by atoms with Crippen molar-refractivity contribution in [1.82, 2.24) is 5.32 Å². The highest BCUT2D eigenvalue weighted by atomic mass is 16.4. The lowest BCUT2D eigenvalue weighted by Crippen LogP contribution is -2.40. The molecule has 1 saturated carbocycles. The average molecular weight is 276 g/mol. The summed E-state index contributed by atoms with van der Waals surface area (Å²) in [6.07, 6.45) is 2.18. The van der Waals surface area contributed by atoms with Crippen LogP contribution in [0.2, 0.25) is 0 Å². The molecule has 0 spiro atoms. The fourth-order valence-corrected chi connectivity index (χ4v) is 1.94. The maximum atomic E-state index is 12.2. The van der Waals surface area contributed by atoms with Gasteiger partial charge in [0.1, 0.15) is 0 Å². The van der Waals surface area contributed by atoms with Gasteiger partial charge in [-0.3, -0.25) is 9.59 Å². The van der Waals surface area contributed by atoms with Crippen molar-refractivity contribution in [1.29, 1.82) is 0 Å². The van der Waals surface area contributed by atoms with Crippen LogP contribution in [0.4, 0.5) is 5.69 Å². The molecule has 108 valence electrons. The number of amides is 1. The topological polar surface area (TPSA) is 69.6 Å². The molecule has 2 rings (SSSR count). The molecule has 1 amide bonds. The van der Waals surface area contributed by atoms with Gasteiger partial charge in [-0.05, 0) is 31.9 Å². The van der Waals surface area contributed by atoms with E-state index in [2.05, 4.69) is 5.32 Å². The van der Waals surface area contributed by atoms with Gasteiger partial charge >= 0.3 is 5.97 Å². The van der Waals surface area contributed by atoms with Crippen LogP contribution in [0.3, 0.4) is 0 Å². The summed E-state index contributed by atoms with van der Waals surface area (Å²) in [6, 6.07) is 8.01. The van der Waals surface area contributed by atoms with E-state index >= 15 is 0 Å². The van der Waals surface area contributed by atoms with Crippen molar-refractivity contribution >= 4 is 17.6 Å². The lowest BCUT2D eigenvalue weighted by Gasteiger charge is -2.22. The number of nitrogens with zero attached hydrogens (tertiary/aromatic N) is 1. The first-order valence-electron chi connectivity index (χ1n) is 6.88. The standard InChI is InChI=1S/C15H20N2O3/c1-11-2-6-13(7-3-11)17(9-8-15(19)20)14(18)10-16-12-4-5-12/h2-3,6-7,12,16H,4-5,8-10H2,1H3,(H,19,20). The Morgan fingerprint density at radius 3 is 2.50 bits per heavy atom. The first-order valence-corrected chi connectivity index (χ1v) is 6.88. The molecule has 0 aromatic heterocycles. The van der Waals surface area contributed by atoms with Crippen LogP contribution in [0, 0.1) is 6.92 Å². The Hall–Kier alpha value is -1.88. The van der Waals surface area contributed by atoms with Gasteiger partial charge in [-0.1, -0.05) is 17.7 Å². The highest BCUT2D eigenvalue weighted by molar-refractivity contribution is 5.95. The van der Waals surface area contributed by atoms with Crippen molar-refractivity contribution in [3.8, 4) is 0 Å². The molecule has 0 unspecified atom stereocenters. The van der Waals surface area contributed by atoms with Crippen LogP contribution < -0.4 is 10.2 Å². The van der Waals surface area contributed by atoms with E-state index in [4.69, 9.17) is 5.11 Å². The largest absolute Gasteiger partial charge is 0.481 e. The van der Waals surface area contributed by atoms with Gasteiger partial charge in [-0.15, -0.1) is 0 Å². The number of rotatable bonds is 7. The van der Waals surface area contributed by atoms with E-state index in [-0.39, 0.29) is 25.4 Å². The number of anilines is 1. The van der Waals surface area contributed by atoms with Crippen molar-refractivity contribution in [2.24, 2.45) is 0 Å². The van der Waals surface area contributed by atoms with E-state index < -0.39 is 5.97 Å². The molecule has 1 aromatic rings. The highest BCUT2D eigenvalue weighted by Crippen LogP contribution is 2.19. The molecule has 1 aromatic carbocycles. The molecule has 5 heteroatoms. The number of aryl methyl sites for hydroxylation is 1. The minimum Gasteiger partial charge on any atom is -0.481 e. The number of carboxylic acid groups (broad SMARTS) is 1. The van der Waals surface area contributed by atoms with E-state index in [9.17, 15) is 9.59 Å². The minimum absolute atomic E-state index is 0.0525. The van der Waals surface area contributed by atoms with Crippen molar-refractivity contribution in [3.63, 3.8) is 0 Å². The lowest BCUT2D eigenvalue weighted by atomic mass is 10.2. The molecule has 0 saturated heterocycles. The third-order valence-corrected chi connectivity index (χ3v) is 3.32. The quantitative estimate of drug-likeness (QED) is 0.793. The number of nitrogens with one attached hydrogen (secondary N) is 1. The zero-order valence-electron chi connectivity index (χ0n) is 11.6. The van der Waals surface area contributed by atoms with Crippen molar-refractivity contribution in [2.75, 3.05) is 18.0 Å². The van der Waals surface area contributed by atoms with Crippen LogP contribution in [0.25, 0.3) is 0 Å². The Bertz CT molecular complexity index is 480. The third-order valence-electron chi connectivity index (χ3n) is 3.32. The van der Waals surface area contributed by atoms with Gasteiger partial charge in [0.15, 0.2) is 0 Å². The van der Waals surface area contributed by atoms with Crippen LogP contribution in [0.1, 0.15) is 24.8 Å². The molecule has 1 aliphatic rings. The van der Waals surface area contributed by atoms with E-state index in [0.717, 1.165) is 24.1 Å². The summed E-state index contributed by atoms with van der Waals surface area (Å²) in [5.41, 5.74) is 1.86. The molecule has 5 nitrogen and oxygen atoms in total. The number of carbonyl (C=O) groups is 2. The Morgan fingerprint density at radius 2 is 1.95 bits per heavy atom. The normalized spacial score (nSPS) is 14.1. The Morgan fingerprint density at radius 1 is 1.30 bits per heavy atom.